The van der Waals surface area contributed by atoms with E-state index in [1.807, 2.05) is 24.7 Å². The third-order valence-electron chi connectivity index (χ3n) is 5.48. The Morgan fingerprint density at radius 1 is 1.04 bits per heavy atom. The van der Waals surface area contributed by atoms with Crippen LogP contribution < -0.4 is 5.32 Å². The summed E-state index contributed by atoms with van der Waals surface area (Å²) in [4.78, 5) is 8.93. The molecule has 0 amide bonds. The van der Waals surface area contributed by atoms with Crippen LogP contribution in [0, 0.1) is 5.92 Å². The number of aryl methyl sites for hydroxylation is 1. The fourth-order valence-electron chi connectivity index (χ4n) is 3.95. The predicted octanol–water partition coefficient (Wildman–Crippen LogP) is 3.57. The van der Waals surface area contributed by atoms with Crippen molar-refractivity contribution < 1.29 is 0 Å². The lowest BCUT2D eigenvalue weighted by Gasteiger charge is -2.23. The quantitative estimate of drug-likeness (QED) is 0.594. The standard InChI is InChI=1S/C22H23N5/c1-2-4-21-20(3-1)25-16-27(21)19-7-5-17(6-8-19)14-23-15-18-9-11-26-12-10-24-22(26)13-18/h1-8,10,12,16,18,23H,9,11,13-15H2. The first kappa shape index (κ1) is 16.3. The fraction of sp³-hybridized carbons (Fsp3) is 0.273. The second-order valence-electron chi connectivity index (χ2n) is 7.30. The van der Waals surface area contributed by atoms with E-state index in [0.29, 0.717) is 5.92 Å². The van der Waals surface area contributed by atoms with Crippen molar-refractivity contribution >= 4 is 11.0 Å². The Bertz CT molecular complexity index is 1040. The Hall–Kier alpha value is -2.92. The van der Waals surface area contributed by atoms with Crippen molar-refractivity contribution in [2.24, 2.45) is 5.92 Å². The summed E-state index contributed by atoms with van der Waals surface area (Å²) in [5.74, 6) is 1.90. The van der Waals surface area contributed by atoms with Crippen LogP contribution in [0.5, 0.6) is 0 Å². The Balaban J connectivity index is 1.20. The number of hydrogen-bond acceptors (Lipinski definition) is 3. The van der Waals surface area contributed by atoms with Gasteiger partial charge >= 0.3 is 0 Å². The van der Waals surface area contributed by atoms with Gasteiger partial charge in [-0.2, -0.15) is 0 Å². The monoisotopic (exact) mass is 357 g/mol. The second-order valence-corrected chi connectivity index (χ2v) is 7.30. The first-order valence-electron chi connectivity index (χ1n) is 9.59. The van der Waals surface area contributed by atoms with Gasteiger partial charge in [0.05, 0.1) is 11.0 Å². The molecule has 1 aliphatic rings. The number of imidazole rings is 2. The summed E-state index contributed by atoms with van der Waals surface area (Å²) in [6, 6.07) is 17.0. The van der Waals surface area contributed by atoms with E-state index in [0.717, 1.165) is 42.8 Å². The molecule has 1 atom stereocenters. The average Bonchev–Trinajstić information content (AvgIpc) is 3.35. The van der Waals surface area contributed by atoms with Gasteiger partial charge in [-0.05, 0) is 48.7 Å². The lowest BCUT2D eigenvalue weighted by molar-refractivity contribution is 0.363. The lowest BCUT2D eigenvalue weighted by Crippen LogP contribution is -2.29. The molecule has 3 heterocycles. The third kappa shape index (κ3) is 3.26. The van der Waals surface area contributed by atoms with Gasteiger partial charge in [0.1, 0.15) is 12.2 Å². The number of fused-ring (bicyclic) bond motifs is 2. The molecule has 0 bridgehead atoms. The molecular weight excluding hydrogens is 334 g/mol. The molecule has 0 aliphatic carbocycles. The number of rotatable bonds is 5. The van der Waals surface area contributed by atoms with Crippen LogP contribution in [0.15, 0.2) is 67.3 Å². The summed E-state index contributed by atoms with van der Waals surface area (Å²) in [5.41, 5.74) is 4.61. The number of para-hydroxylation sites is 2. The number of benzene rings is 2. The highest BCUT2D eigenvalue weighted by Crippen LogP contribution is 2.20. The van der Waals surface area contributed by atoms with Crippen LogP contribution in [0.25, 0.3) is 16.7 Å². The van der Waals surface area contributed by atoms with Crippen LogP contribution in [0.4, 0.5) is 0 Å². The summed E-state index contributed by atoms with van der Waals surface area (Å²) >= 11 is 0. The zero-order valence-electron chi connectivity index (χ0n) is 15.3. The zero-order chi connectivity index (χ0) is 18.1. The van der Waals surface area contributed by atoms with Crippen LogP contribution in [0.2, 0.25) is 0 Å². The van der Waals surface area contributed by atoms with Crippen molar-refractivity contribution in [1.82, 2.24) is 24.4 Å². The van der Waals surface area contributed by atoms with E-state index >= 15 is 0 Å². The number of nitrogens with one attached hydrogen (secondary N) is 1. The maximum absolute atomic E-state index is 4.47. The molecule has 1 N–H and O–H groups in total. The molecule has 0 saturated heterocycles. The van der Waals surface area contributed by atoms with Gasteiger partial charge in [0, 0.05) is 37.6 Å². The molecule has 5 nitrogen and oxygen atoms in total. The van der Waals surface area contributed by atoms with Crippen molar-refractivity contribution in [3.05, 3.63) is 78.6 Å². The molecule has 2 aromatic carbocycles. The van der Waals surface area contributed by atoms with E-state index in [2.05, 4.69) is 67.0 Å². The lowest BCUT2D eigenvalue weighted by atomic mass is 9.98. The fourth-order valence-corrected chi connectivity index (χ4v) is 3.95. The van der Waals surface area contributed by atoms with Gasteiger partial charge in [-0.1, -0.05) is 24.3 Å². The molecule has 1 aliphatic heterocycles. The molecule has 5 rings (SSSR count). The van der Waals surface area contributed by atoms with Crippen molar-refractivity contribution in [2.75, 3.05) is 6.54 Å². The highest BCUT2D eigenvalue weighted by Gasteiger charge is 2.18. The summed E-state index contributed by atoms with van der Waals surface area (Å²) in [6.45, 7) is 3.03. The zero-order valence-corrected chi connectivity index (χ0v) is 15.3. The number of nitrogens with zero attached hydrogens (tertiary/aromatic N) is 4. The summed E-state index contributed by atoms with van der Waals surface area (Å²) < 4.78 is 4.41. The van der Waals surface area contributed by atoms with Gasteiger partial charge in [0.2, 0.25) is 0 Å². The minimum atomic E-state index is 0.677. The van der Waals surface area contributed by atoms with Crippen molar-refractivity contribution in [1.29, 1.82) is 0 Å². The number of aromatic nitrogens is 4. The Morgan fingerprint density at radius 3 is 2.85 bits per heavy atom. The molecule has 27 heavy (non-hydrogen) atoms. The average molecular weight is 357 g/mol. The second kappa shape index (κ2) is 7.00. The number of hydrogen-bond donors (Lipinski definition) is 1. The molecule has 0 fully saturated rings. The van der Waals surface area contributed by atoms with Crippen molar-refractivity contribution in [3.63, 3.8) is 0 Å². The maximum atomic E-state index is 4.47. The van der Waals surface area contributed by atoms with Crippen LogP contribution in [-0.4, -0.2) is 25.6 Å². The van der Waals surface area contributed by atoms with Gasteiger partial charge < -0.3 is 9.88 Å². The minimum Gasteiger partial charge on any atom is -0.335 e. The molecule has 1 unspecified atom stereocenters. The highest BCUT2D eigenvalue weighted by molar-refractivity contribution is 5.77. The highest BCUT2D eigenvalue weighted by atomic mass is 15.1. The van der Waals surface area contributed by atoms with Crippen molar-refractivity contribution in [3.8, 4) is 5.69 Å². The largest absolute Gasteiger partial charge is 0.335 e. The van der Waals surface area contributed by atoms with Gasteiger partial charge in [0.25, 0.3) is 0 Å². The summed E-state index contributed by atoms with van der Waals surface area (Å²) in [7, 11) is 0. The maximum Gasteiger partial charge on any atom is 0.108 e. The Kier molecular flexibility index (Phi) is 4.22. The van der Waals surface area contributed by atoms with E-state index in [9.17, 15) is 0 Å². The summed E-state index contributed by atoms with van der Waals surface area (Å²) in [6.07, 6.45) is 8.20. The normalized spacial score (nSPS) is 16.5. The Morgan fingerprint density at radius 2 is 1.93 bits per heavy atom. The first-order valence-corrected chi connectivity index (χ1v) is 9.59. The van der Waals surface area contributed by atoms with Crippen LogP contribution in [0.1, 0.15) is 17.8 Å². The predicted molar refractivity (Wildman–Crippen MR) is 107 cm³/mol. The van der Waals surface area contributed by atoms with Crippen LogP contribution in [-0.2, 0) is 19.5 Å². The molecule has 5 heteroatoms. The molecule has 0 saturated carbocycles. The van der Waals surface area contributed by atoms with E-state index in [4.69, 9.17) is 0 Å². The molecule has 4 aromatic rings. The van der Waals surface area contributed by atoms with Gasteiger partial charge in [-0.15, -0.1) is 0 Å². The molecule has 2 aromatic heterocycles. The van der Waals surface area contributed by atoms with Crippen LogP contribution >= 0.6 is 0 Å². The molecule has 0 spiro atoms. The third-order valence-corrected chi connectivity index (χ3v) is 5.48. The van der Waals surface area contributed by atoms with E-state index in [-0.39, 0.29) is 0 Å². The Labute approximate surface area is 158 Å². The van der Waals surface area contributed by atoms with E-state index < -0.39 is 0 Å². The van der Waals surface area contributed by atoms with Crippen LogP contribution in [0.3, 0.4) is 0 Å². The first-order chi connectivity index (χ1) is 13.4. The van der Waals surface area contributed by atoms with Crippen molar-refractivity contribution in [2.45, 2.75) is 25.9 Å². The van der Waals surface area contributed by atoms with E-state index in [1.165, 1.54) is 17.8 Å². The SMILES string of the molecule is c1ccc2c(c1)ncn2-c1ccc(CNCC2CCn3ccnc3C2)cc1. The molecular formula is C22H23N5. The molecule has 0 radical (unpaired) electrons. The van der Waals surface area contributed by atoms with Gasteiger partial charge in [0.15, 0.2) is 0 Å². The minimum absolute atomic E-state index is 0.677. The topological polar surface area (TPSA) is 47.7 Å². The smallest absolute Gasteiger partial charge is 0.108 e. The van der Waals surface area contributed by atoms with Gasteiger partial charge in [-0.25, -0.2) is 9.97 Å². The summed E-state index contributed by atoms with van der Waals surface area (Å²) in [5, 5.41) is 3.62. The van der Waals surface area contributed by atoms with Gasteiger partial charge in [-0.3, -0.25) is 4.57 Å². The molecule has 136 valence electrons. The van der Waals surface area contributed by atoms with E-state index in [1.54, 1.807) is 0 Å².